The number of carbonyl (C=O) groups excluding carboxylic acids is 1. The normalized spacial score (nSPS) is 10.6. The predicted molar refractivity (Wildman–Crippen MR) is 132 cm³/mol. The molecule has 0 radical (unpaired) electrons. The lowest BCUT2D eigenvalue weighted by Gasteiger charge is -2.10. The number of methoxy groups -OCH3 is 1. The monoisotopic (exact) mass is 461 g/mol. The van der Waals surface area contributed by atoms with Crippen LogP contribution in [0, 0.1) is 0 Å². The molecular weight excluding hydrogens is 438 g/mol. The molecule has 0 aliphatic heterocycles. The molecule has 0 saturated carbocycles. The Morgan fingerprint density at radius 1 is 1.06 bits per heavy atom. The van der Waals surface area contributed by atoms with Crippen LogP contribution in [0.3, 0.4) is 0 Å². The second kappa shape index (κ2) is 10.1. The lowest BCUT2D eigenvalue weighted by atomic mass is 10.2. The Balaban J connectivity index is 1.41. The third-order valence-corrected chi connectivity index (χ3v) is 4.98. The third-order valence-electron chi connectivity index (χ3n) is 4.78. The largest absolute Gasteiger partial charge is 0.497 e. The quantitative estimate of drug-likeness (QED) is 0.356. The third kappa shape index (κ3) is 5.48. The Bertz CT molecular complexity index is 1280. The van der Waals surface area contributed by atoms with Gasteiger partial charge in [0.2, 0.25) is 5.89 Å². The van der Waals surface area contributed by atoms with Crippen LogP contribution in [0.4, 0.5) is 5.69 Å². The number of rotatable bonds is 7. The van der Waals surface area contributed by atoms with Crippen LogP contribution in [0.25, 0.3) is 22.6 Å². The van der Waals surface area contributed by atoms with Gasteiger partial charge in [0.05, 0.1) is 13.7 Å². The molecule has 0 aliphatic carbocycles. The minimum atomic E-state index is -0.308. The Morgan fingerprint density at radius 2 is 1.88 bits per heavy atom. The highest BCUT2D eigenvalue weighted by molar-refractivity contribution is 7.80. The van der Waals surface area contributed by atoms with E-state index in [0.717, 1.165) is 23.5 Å². The number of fused-ring (bicyclic) bond motifs is 1. The first-order valence-corrected chi connectivity index (χ1v) is 10.9. The van der Waals surface area contributed by atoms with Gasteiger partial charge in [-0.25, -0.2) is 4.98 Å². The summed E-state index contributed by atoms with van der Waals surface area (Å²) in [7, 11) is 1.61. The Kier molecular flexibility index (Phi) is 6.85. The summed E-state index contributed by atoms with van der Waals surface area (Å²) in [5.74, 6) is 1.63. The first-order valence-electron chi connectivity index (χ1n) is 10.5. The molecule has 2 N–H and O–H groups in total. The van der Waals surface area contributed by atoms with Gasteiger partial charge in [-0.1, -0.05) is 13.0 Å². The van der Waals surface area contributed by atoms with Crippen molar-refractivity contribution in [2.24, 2.45) is 0 Å². The fraction of sp³-hybridized carbons (Fsp3) is 0.160. The molecule has 1 amide bonds. The van der Waals surface area contributed by atoms with Crippen molar-refractivity contribution in [1.29, 1.82) is 0 Å². The van der Waals surface area contributed by atoms with Gasteiger partial charge in [-0.2, -0.15) is 0 Å². The number of aromatic nitrogens is 1. The minimum absolute atomic E-state index is 0.183. The minimum Gasteiger partial charge on any atom is -0.497 e. The molecule has 8 heteroatoms. The number of hydrogen-bond donors (Lipinski definition) is 2. The Hall–Kier alpha value is -3.91. The number of hydrogen-bond acceptors (Lipinski definition) is 6. The maximum atomic E-state index is 12.5. The van der Waals surface area contributed by atoms with Gasteiger partial charge in [-0.3, -0.25) is 10.1 Å². The molecule has 1 aromatic heterocycles. The number of amides is 1. The number of thiocarbonyl (C=S) groups is 1. The topological polar surface area (TPSA) is 85.6 Å². The summed E-state index contributed by atoms with van der Waals surface area (Å²) in [6.07, 6.45) is 0.921. The summed E-state index contributed by atoms with van der Waals surface area (Å²) in [5.41, 5.74) is 3.28. The van der Waals surface area contributed by atoms with Gasteiger partial charge in [0.15, 0.2) is 10.7 Å². The van der Waals surface area contributed by atoms with Crippen molar-refractivity contribution in [3.05, 3.63) is 72.3 Å². The maximum Gasteiger partial charge on any atom is 0.257 e. The van der Waals surface area contributed by atoms with Gasteiger partial charge >= 0.3 is 0 Å². The van der Waals surface area contributed by atoms with Crippen LogP contribution < -0.4 is 20.1 Å². The standard InChI is InChI=1S/C25H23N3O4S/c1-3-13-31-19-10-7-16(8-11-19)23(29)28-25(33)26-18-9-12-22-21(15-18)27-24(32-22)17-5-4-6-20(14-17)30-2/h4-12,14-15H,3,13H2,1-2H3,(H2,26,28,29,33). The molecule has 0 atom stereocenters. The molecule has 168 valence electrons. The summed E-state index contributed by atoms with van der Waals surface area (Å²) in [6.45, 7) is 2.67. The summed E-state index contributed by atoms with van der Waals surface area (Å²) in [6, 6.07) is 19.8. The highest BCUT2D eigenvalue weighted by Gasteiger charge is 2.12. The van der Waals surface area contributed by atoms with Crippen LogP contribution >= 0.6 is 12.2 Å². The van der Waals surface area contributed by atoms with E-state index in [1.165, 1.54) is 0 Å². The second-order valence-electron chi connectivity index (χ2n) is 7.21. The van der Waals surface area contributed by atoms with Gasteiger partial charge in [0, 0.05) is 16.8 Å². The average molecular weight is 462 g/mol. The molecule has 0 spiro atoms. The molecule has 0 bridgehead atoms. The van der Waals surface area contributed by atoms with Gasteiger partial charge in [0.1, 0.15) is 17.0 Å². The van der Waals surface area contributed by atoms with Crippen molar-refractivity contribution in [2.45, 2.75) is 13.3 Å². The fourth-order valence-corrected chi connectivity index (χ4v) is 3.36. The van der Waals surface area contributed by atoms with E-state index in [1.54, 1.807) is 49.6 Å². The molecule has 0 saturated heterocycles. The number of benzene rings is 3. The molecule has 1 heterocycles. The van der Waals surface area contributed by atoms with E-state index in [4.69, 9.17) is 26.1 Å². The van der Waals surface area contributed by atoms with E-state index in [0.29, 0.717) is 34.8 Å². The molecule has 0 unspecified atom stereocenters. The summed E-state index contributed by atoms with van der Waals surface area (Å²) in [5, 5.41) is 5.88. The molecule has 4 rings (SSSR count). The van der Waals surface area contributed by atoms with Gasteiger partial charge in [-0.05, 0) is 79.3 Å². The Morgan fingerprint density at radius 3 is 2.64 bits per heavy atom. The van der Waals surface area contributed by atoms with Crippen molar-refractivity contribution >= 4 is 40.0 Å². The zero-order chi connectivity index (χ0) is 23.2. The molecule has 33 heavy (non-hydrogen) atoms. The lowest BCUT2D eigenvalue weighted by Crippen LogP contribution is -2.34. The van der Waals surface area contributed by atoms with E-state index < -0.39 is 0 Å². The maximum absolute atomic E-state index is 12.5. The van der Waals surface area contributed by atoms with Crippen molar-refractivity contribution < 1.29 is 18.7 Å². The van der Waals surface area contributed by atoms with Crippen molar-refractivity contribution in [2.75, 3.05) is 19.0 Å². The second-order valence-corrected chi connectivity index (χ2v) is 7.62. The number of ether oxygens (including phenoxy) is 2. The van der Waals surface area contributed by atoms with E-state index in [1.807, 2.05) is 31.2 Å². The van der Waals surface area contributed by atoms with Crippen LogP contribution in [-0.4, -0.2) is 29.7 Å². The van der Waals surface area contributed by atoms with Crippen molar-refractivity contribution in [3.63, 3.8) is 0 Å². The summed E-state index contributed by atoms with van der Waals surface area (Å²) >= 11 is 5.30. The zero-order valence-electron chi connectivity index (χ0n) is 18.3. The van der Waals surface area contributed by atoms with E-state index in [2.05, 4.69) is 15.6 Å². The number of carbonyl (C=O) groups is 1. The average Bonchev–Trinajstić information content (AvgIpc) is 3.26. The number of anilines is 1. The molecule has 0 fully saturated rings. The first-order chi connectivity index (χ1) is 16.1. The van der Waals surface area contributed by atoms with Crippen molar-refractivity contribution in [1.82, 2.24) is 10.3 Å². The van der Waals surface area contributed by atoms with Gasteiger partial charge in [-0.15, -0.1) is 0 Å². The highest BCUT2D eigenvalue weighted by atomic mass is 32.1. The van der Waals surface area contributed by atoms with Crippen LogP contribution in [0.2, 0.25) is 0 Å². The Labute approximate surface area is 196 Å². The predicted octanol–water partition coefficient (Wildman–Crippen LogP) is 5.42. The first kappa shape index (κ1) is 22.3. The molecule has 0 aliphatic rings. The van der Waals surface area contributed by atoms with Gasteiger partial charge in [0.25, 0.3) is 5.91 Å². The van der Waals surface area contributed by atoms with Gasteiger partial charge < -0.3 is 19.2 Å². The summed E-state index contributed by atoms with van der Waals surface area (Å²) in [4.78, 5) is 17.0. The number of oxazole rings is 1. The van der Waals surface area contributed by atoms with E-state index >= 15 is 0 Å². The molecule has 7 nitrogen and oxygen atoms in total. The summed E-state index contributed by atoms with van der Waals surface area (Å²) < 4.78 is 16.7. The number of nitrogens with zero attached hydrogens (tertiary/aromatic N) is 1. The van der Waals surface area contributed by atoms with Crippen LogP contribution in [0.15, 0.2) is 71.1 Å². The number of nitrogens with one attached hydrogen (secondary N) is 2. The van der Waals surface area contributed by atoms with Crippen LogP contribution in [0.1, 0.15) is 23.7 Å². The smallest absolute Gasteiger partial charge is 0.257 e. The van der Waals surface area contributed by atoms with Crippen LogP contribution in [-0.2, 0) is 0 Å². The molecule has 3 aromatic carbocycles. The molecule has 4 aromatic rings. The lowest BCUT2D eigenvalue weighted by molar-refractivity contribution is 0.0977. The highest BCUT2D eigenvalue weighted by Crippen LogP contribution is 2.28. The molecular formula is C25H23N3O4S. The van der Waals surface area contributed by atoms with Crippen molar-refractivity contribution in [3.8, 4) is 23.0 Å². The fourth-order valence-electron chi connectivity index (χ4n) is 3.14. The van der Waals surface area contributed by atoms with E-state index in [-0.39, 0.29) is 11.0 Å². The van der Waals surface area contributed by atoms with E-state index in [9.17, 15) is 4.79 Å². The van der Waals surface area contributed by atoms with Crippen LogP contribution in [0.5, 0.6) is 11.5 Å². The zero-order valence-corrected chi connectivity index (χ0v) is 19.1. The SMILES string of the molecule is CCCOc1ccc(C(=O)NC(=S)Nc2ccc3oc(-c4cccc(OC)c4)nc3c2)cc1.